The van der Waals surface area contributed by atoms with Gasteiger partial charge in [0.2, 0.25) is 5.91 Å². The zero-order valence-electron chi connectivity index (χ0n) is 14.1. The number of β-amino-alcohol motifs (C(OH)–C–C–N with tert-alkyl or cyclic N) is 1. The van der Waals surface area contributed by atoms with E-state index in [0.29, 0.717) is 6.54 Å². The van der Waals surface area contributed by atoms with E-state index in [9.17, 15) is 14.7 Å². The Bertz CT molecular complexity index is 424. The van der Waals surface area contributed by atoms with Crippen LogP contribution in [0.2, 0.25) is 0 Å². The molecule has 2 heterocycles. The topological polar surface area (TPSA) is 84.3 Å². The predicted octanol–water partition coefficient (Wildman–Crippen LogP) is -0.161. The van der Waals surface area contributed by atoms with Gasteiger partial charge >= 0.3 is 5.97 Å². The summed E-state index contributed by atoms with van der Waals surface area (Å²) in [5.41, 5.74) is 0. The lowest BCUT2D eigenvalue weighted by molar-refractivity contribution is -0.138. The molecule has 2 aliphatic heterocycles. The molecule has 3 atom stereocenters. The number of aliphatic carboxylic acids is 1. The number of hydrogen-bond acceptors (Lipinski definition) is 5. The number of amides is 1. The summed E-state index contributed by atoms with van der Waals surface area (Å²) in [6.07, 6.45) is 4.01. The molecule has 0 aliphatic carbocycles. The second-order valence-corrected chi connectivity index (χ2v) is 6.81. The minimum atomic E-state index is -0.928. The van der Waals surface area contributed by atoms with Crippen LogP contribution in [0.3, 0.4) is 0 Å². The maximum absolute atomic E-state index is 12.7. The van der Waals surface area contributed by atoms with Gasteiger partial charge < -0.3 is 15.1 Å². The number of carbonyl (C=O) groups excluding carboxylic acids is 1. The molecule has 1 amide bonds. The van der Waals surface area contributed by atoms with Crippen molar-refractivity contribution in [1.29, 1.82) is 0 Å². The zero-order valence-corrected chi connectivity index (χ0v) is 14.1. The minimum Gasteiger partial charge on any atom is -0.480 e. The predicted molar refractivity (Wildman–Crippen MR) is 86.1 cm³/mol. The van der Waals surface area contributed by atoms with E-state index in [1.165, 1.54) is 12.8 Å². The fourth-order valence-electron chi connectivity index (χ4n) is 3.62. The van der Waals surface area contributed by atoms with Gasteiger partial charge in [-0.3, -0.25) is 19.4 Å². The fraction of sp³-hybridized carbons (Fsp3) is 0.875. The Morgan fingerprint density at radius 2 is 1.78 bits per heavy atom. The average Bonchev–Trinajstić information content (AvgIpc) is 2.72. The van der Waals surface area contributed by atoms with Crippen molar-refractivity contribution in [3.05, 3.63) is 0 Å². The Labute approximate surface area is 137 Å². The van der Waals surface area contributed by atoms with Crippen molar-refractivity contribution < 1.29 is 19.8 Å². The number of carboxylic acids is 1. The van der Waals surface area contributed by atoms with Gasteiger partial charge in [0.05, 0.1) is 24.7 Å². The maximum Gasteiger partial charge on any atom is 0.317 e. The van der Waals surface area contributed by atoms with Crippen LogP contribution >= 0.6 is 0 Å². The summed E-state index contributed by atoms with van der Waals surface area (Å²) in [4.78, 5) is 29.1. The van der Waals surface area contributed by atoms with Crippen LogP contribution in [0.5, 0.6) is 0 Å². The summed E-state index contributed by atoms with van der Waals surface area (Å²) in [7, 11) is 1.67. The molecule has 0 unspecified atom stereocenters. The summed E-state index contributed by atoms with van der Waals surface area (Å²) in [5, 5.41) is 19.1. The third-order valence-electron chi connectivity index (χ3n) is 5.07. The number of aliphatic hydroxyl groups is 1. The Balaban J connectivity index is 1.93. The number of carboxylic acid groups (broad SMARTS) is 1. The first-order chi connectivity index (χ1) is 10.9. The second kappa shape index (κ2) is 8.08. The highest BCUT2D eigenvalue weighted by atomic mass is 16.4. The first kappa shape index (κ1) is 18.2. The van der Waals surface area contributed by atoms with Gasteiger partial charge in [0.15, 0.2) is 0 Å². The molecule has 0 saturated carbocycles. The normalized spacial score (nSPS) is 27.9. The molecule has 7 heteroatoms. The van der Waals surface area contributed by atoms with Crippen LogP contribution in [0.1, 0.15) is 32.6 Å². The van der Waals surface area contributed by atoms with Crippen molar-refractivity contribution in [2.24, 2.45) is 0 Å². The molecule has 0 aromatic carbocycles. The Kier molecular flexibility index (Phi) is 6.38. The molecule has 132 valence electrons. The molecule has 2 N–H and O–H groups in total. The summed E-state index contributed by atoms with van der Waals surface area (Å²) in [5.74, 6) is -0.889. The molecule has 2 fully saturated rings. The Morgan fingerprint density at radius 3 is 2.35 bits per heavy atom. The minimum absolute atomic E-state index is 0.0391. The molecular formula is C16H29N3O4. The van der Waals surface area contributed by atoms with Crippen molar-refractivity contribution >= 4 is 11.9 Å². The average molecular weight is 327 g/mol. The number of likely N-dealkylation sites (N-methyl/N-ethyl adjacent to an activating group) is 1. The summed E-state index contributed by atoms with van der Waals surface area (Å²) in [6, 6.07) is -0.491. The lowest BCUT2D eigenvalue weighted by Crippen LogP contribution is -2.48. The van der Waals surface area contributed by atoms with Crippen LogP contribution in [0.15, 0.2) is 0 Å². The molecule has 0 aromatic heterocycles. The van der Waals surface area contributed by atoms with Crippen LogP contribution in [0, 0.1) is 0 Å². The largest absolute Gasteiger partial charge is 0.480 e. The first-order valence-electron chi connectivity index (χ1n) is 8.53. The van der Waals surface area contributed by atoms with Crippen molar-refractivity contribution in [2.75, 3.05) is 39.8 Å². The molecule has 23 heavy (non-hydrogen) atoms. The number of carbonyl (C=O) groups is 2. The summed E-state index contributed by atoms with van der Waals surface area (Å²) < 4.78 is 0. The molecule has 7 nitrogen and oxygen atoms in total. The molecule has 0 bridgehead atoms. The zero-order chi connectivity index (χ0) is 17.0. The highest BCUT2D eigenvalue weighted by Gasteiger charge is 2.39. The number of hydrogen-bond donors (Lipinski definition) is 2. The Morgan fingerprint density at radius 1 is 1.17 bits per heavy atom. The maximum atomic E-state index is 12.7. The van der Waals surface area contributed by atoms with E-state index in [0.717, 1.165) is 25.9 Å². The van der Waals surface area contributed by atoms with E-state index in [-0.39, 0.29) is 31.1 Å². The lowest BCUT2D eigenvalue weighted by atomic mass is 10.2. The fourth-order valence-corrected chi connectivity index (χ4v) is 3.62. The van der Waals surface area contributed by atoms with Gasteiger partial charge in [0, 0.05) is 13.1 Å². The van der Waals surface area contributed by atoms with Crippen molar-refractivity contribution in [3.8, 4) is 0 Å². The smallest absolute Gasteiger partial charge is 0.317 e. The van der Waals surface area contributed by atoms with Crippen molar-refractivity contribution in [3.63, 3.8) is 0 Å². The van der Waals surface area contributed by atoms with Gasteiger partial charge in [-0.15, -0.1) is 0 Å². The summed E-state index contributed by atoms with van der Waals surface area (Å²) >= 11 is 0. The van der Waals surface area contributed by atoms with Gasteiger partial charge in [-0.1, -0.05) is 12.8 Å². The van der Waals surface area contributed by atoms with Gasteiger partial charge in [-0.25, -0.2) is 0 Å². The van der Waals surface area contributed by atoms with Crippen molar-refractivity contribution in [2.45, 2.75) is 50.8 Å². The highest BCUT2D eigenvalue weighted by molar-refractivity contribution is 5.82. The van der Waals surface area contributed by atoms with Gasteiger partial charge in [0.1, 0.15) is 0 Å². The standard InChI is InChI=1S/C16H29N3O4/c1-12(18-7-5-3-4-6-8-18)16(23)19-9-13(14(20)10-19)17(2)11-15(21)22/h12-14,20H,3-11H2,1-2H3,(H,21,22)/t12-,13-,14-/m1/s1. The van der Waals surface area contributed by atoms with Crippen LogP contribution in [0.25, 0.3) is 0 Å². The van der Waals surface area contributed by atoms with Crippen LogP contribution in [-0.2, 0) is 9.59 Å². The van der Waals surface area contributed by atoms with E-state index in [1.54, 1.807) is 16.8 Å². The molecule has 2 rings (SSSR count). The monoisotopic (exact) mass is 327 g/mol. The number of rotatable bonds is 5. The first-order valence-corrected chi connectivity index (χ1v) is 8.53. The number of likely N-dealkylation sites (tertiary alicyclic amines) is 2. The van der Waals surface area contributed by atoms with Gasteiger partial charge in [-0.2, -0.15) is 0 Å². The lowest BCUT2D eigenvalue weighted by Gasteiger charge is -2.30. The van der Waals surface area contributed by atoms with Gasteiger partial charge in [-0.05, 0) is 39.9 Å². The van der Waals surface area contributed by atoms with Crippen LogP contribution in [0.4, 0.5) is 0 Å². The molecule has 2 aliphatic rings. The van der Waals surface area contributed by atoms with Gasteiger partial charge in [0.25, 0.3) is 0 Å². The van der Waals surface area contributed by atoms with Crippen molar-refractivity contribution in [1.82, 2.24) is 14.7 Å². The van der Waals surface area contributed by atoms with Crippen LogP contribution < -0.4 is 0 Å². The third-order valence-corrected chi connectivity index (χ3v) is 5.07. The SMILES string of the molecule is C[C@H](C(=O)N1C[C@@H](O)[C@H](N(C)CC(=O)O)C1)N1CCCCCC1. The van der Waals surface area contributed by atoms with E-state index < -0.39 is 12.1 Å². The number of aliphatic hydroxyl groups excluding tert-OH is 1. The van der Waals surface area contributed by atoms with E-state index in [4.69, 9.17) is 5.11 Å². The molecule has 0 aromatic rings. The van der Waals surface area contributed by atoms with E-state index in [1.807, 2.05) is 6.92 Å². The van der Waals surface area contributed by atoms with Crippen LogP contribution in [-0.4, -0.2) is 94.7 Å². The molecule has 0 radical (unpaired) electrons. The second-order valence-electron chi connectivity index (χ2n) is 6.81. The number of nitrogens with zero attached hydrogens (tertiary/aromatic N) is 3. The quantitative estimate of drug-likeness (QED) is 0.730. The van der Waals surface area contributed by atoms with E-state index >= 15 is 0 Å². The summed E-state index contributed by atoms with van der Waals surface area (Å²) in [6.45, 7) is 4.38. The van der Waals surface area contributed by atoms with E-state index in [2.05, 4.69) is 4.90 Å². The third kappa shape index (κ3) is 4.65. The Hall–Kier alpha value is -1.18. The molecule has 2 saturated heterocycles. The molecular weight excluding hydrogens is 298 g/mol. The molecule has 0 spiro atoms. The highest BCUT2D eigenvalue weighted by Crippen LogP contribution is 2.19.